The molecule has 0 unspecified atom stereocenters. The van der Waals surface area contributed by atoms with Gasteiger partial charge in [0.2, 0.25) is 6.10 Å². The van der Waals surface area contributed by atoms with Crippen molar-refractivity contribution in [2.24, 2.45) is 0 Å². The van der Waals surface area contributed by atoms with Crippen molar-refractivity contribution >= 4 is 47.0 Å². The lowest BCUT2D eigenvalue weighted by Crippen LogP contribution is -2.56. The molecule has 3 amide bonds. The fraction of sp³-hybridized carbons (Fsp3) is 0.296. The summed E-state index contributed by atoms with van der Waals surface area (Å²) in [5.41, 5.74) is 0.343. The molecular weight excluding hydrogens is 540 g/mol. The summed E-state index contributed by atoms with van der Waals surface area (Å²) in [5, 5.41) is 20.7. The van der Waals surface area contributed by atoms with Gasteiger partial charge < -0.3 is 34.4 Å². The highest BCUT2D eigenvalue weighted by atomic mass is 16.6. The number of morpholine rings is 1. The number of carboxylic acids is 1. The van der Waals surface area contributed by atoms with Crippen LogP contribution in [0.25, 0.3) is 0 Å². The van der Waals surface area contributed by atoms with Gasteiger partial charge >= 0.3 is 17.9 Å². The standard InChI is InChI=1S/C27H26N4O10/c1-15(32)41-22(24(35)29-18-8-7-17(13-28)20(12-18)27(38)39-3)23-26(37)31(9-10-40-23)19-6-4-5-16(11-19)25(36)30(2)14-21(33)34/h4-8,11-12,22-23H,9-10,14H2,1-3H3,(H,29,35)(H,33,34)/t22-,23-/m1/s1. The van der Waals surface area contributed by atoms with Crippen molar-refractivity contribution in [3.05, 3.63) is 59.2 Å². The number of carbonyl (C=O) groups excluding carboxylic acids is 5. The average Bonchev–Trinajstić information content (AvgIpc) is 2.94. The van der Waals surface area contributed by atoms with Crippen molar-refractivity contribution < 1.29 is 48.1 Å². The van der Waals surface area contributed by atoms with Crippen molar-refractivity contribution in [3.63, 3.8) is 0 Å². The smallest absolute Gasteiger partial charge is 0.339 e. The number of carboxylic acid groups (broad SMARTS) is 1. The van der Waals surface area contributed by atoms with Crippen LogP contribution in [0.1, 0.15) is 33.2 Å². The number of nitrogens with one attached hydrogen (secondary N) is 1. The molecule has 3 rings (SSSR count). The normalized spacial score (nSPS) is 15.2. The summed E-state index contributed by atoms with van der Waals surface area (Å²) in [6.07, 6.45) is -3.31. The highest BCUT2D eigenvalue weighted by Gasteiger charge is 2.42. The number of esters is 2. The van der Waals surface area contributed by atoms with E-state index in [0.717, 1.165) is 18.9 Å². The molecule has 1 heterocycles. The van der Waals surface area contributed by atoms with Gasteiger partial charge in [-0.2, -0.15) is 5.26 Å². The zero-order valence-electron chi connectivity index (χ0n) is 22.3. The largest absolute Gasteiger partial charge is 0.480 e. The number of aliphatic carboxylic acids is 1. The van der Waals surface area contributed by atoms with Gasteiger partial charge in [0.05, 0.1) is 24.8 Å². The minimum absolute atomic E-state index is 0.00249. The number of hydrogen-bond acceptors (Lipinski definition) is 10. The molecule has 1 aliphatic heterocycles. The van der Waals surface area contributed by atoms with E-state index in [-0.39, 0.29) is 41.2 Å². The average molecular weight is 567 g/mol. The second kappa shape index (κ2) is 13.2. The van der Waals surface area contributed by atoms with Crippen LogP contribution >= 0.6 is 0 Å². The number of nitriles is 1. The van der Waals surface area contributed by atoms with Crippen LogP contribution in [0.3, 0.4) is 0 Å². The molecule has 2 atom stereocenters. The monoisotopic (exact) mass is 566 g/mol. The van der Waals surface area contributed by atoms with Gasteiger partial charge in [0.1, 0.15) is 12.6 Å². The van der Waals surface area contributed by atoms with E-state index in [1.165, 1.54) is 48.3 Å². The maximum Gasteiger partial charge on any atom is 0.339 e. The number of carbonyl (C=O) groups is 6. The lowest BCUT2D eigenvalue weighted by Gasteiger charge is -2.35. The third-order valence-electron chi connectivity index (χ3n) is 5.88. The number of rotatable bonds is 9. The molecule has 0 saturated carbocycles. The van der Waals surface area contributed by atoms with Crippen LogP contribution in [0.5, 0.6) is 0 Å². The maximum absolute atomic E-state index is 13.5. The summed E-state index contributed by atoms with van der Waals surface area (Å²) in [7, 11) is 2.45. The number of anilines is 2. The van der Waals surface area contributed by atoms with E-state index in [9.17, 15) is 34.0 Å². The quantitative estimate of drug-likeness (QED) is 0.408. The maximum atomic E-state index is 13.5. The lowest BCUT2D eigenvalue weighted by molar-refractivity contribution is -0.167. The Kier molecular flexibility index (Phi) is 9.72. The van der Waals surface area contributed by atoms with E-state index in [4.69, 9.17) is 14.6 Å². The van der Waals surface area contributed by atoms with Gasteiger partial charge in [-0.1, -0.05) is 6.07 Å². The van der Waals surface area contributed by atoms with Crippen LogP contribution in [0.4, 0.5) is 11.4 Å². The van der Waals surface area contributed by atoms with E-state index in [1.54, 1.807) is 6.07 Å². The van der Waals surface area contributed by atoms with E-state index in [1.807, 2.05) is 6.07 Å². The molecule has 14 heteroatoms. The van der Waals surface area contributed by atoms with Gasteiger partial charge in [-0.3, -0.25) is 24.0 Å². The highest BCUT2D eigenvalue weighted by Crippen LogP contribution is 2.24. The first-order valence-electron chi connectivity index (χ1n) is 12.1. The molecule has 41 heavy (non-hydrogen) atoms. The van der Waals surface area contributed by atoms with Crippen molar-refractivity contribution in [2.75, 3.05) is 44.1 Å². The number of hydrogen-bond donors (Lipinski definition) is 2. The Labute approximate surface area is 234 Å². The van der Waals surface area contributed by atoms with Crippen LogP contribution in [-0.2, 0) is 33.4 Å². The van der Waals surface area contributed by atoms with Crippen molar-refractivity contribution in [1.82, 2.24) is 4.90 Å². The van der Waals surface area contributed by atoms with Crippen LogP contribution in [0.2, 0.25) is 0 Å². The zero-order chi connectivity index (χ0) is 30.3. The Hall–Kier alpha value is -5.29. The van der Waals surface area contributed by atoms with Crippen molar-refractivity contribution in [2.45, 2.75) is 19.1 Å². The topological polar surface area (TPSA) is 193 Å². The Morgan fingerprint density at radius 3 is 2.59 bits per heavy atom. The molecule has 1 aliphatic rings. The molecule has 214 valence electrons. The zero-order valence-corrected chi connectivity index (χ0v) is 22.3. The molecule has 0 aromatic heterocycles. The Balaban J connectivity index is 1.87. The Morgan fingerprint density at radius 2 is 1.95 bits per heavy atom. The van der Waals surface area contributed by atoms with Gasteiger partial charge in [-0.05, 0) is 36.4 Å². The number of ether oxygens (including phenoxy) is 3. The van der Waals surface area contributed by atoms with Gasteiger partial charge in [0.15, 0.2) is 6.10 Å². The van der Waals surface area contributed by atoms with Crippen LogP contribution < -0.4 is 10.2 Å². The van der Waals surface area contributed by atoms with E-state index in [0.29, 0.717) is 0 Å². The number of nitrogens with zero attached hydrogens (tertiary/aromatic N) is 3. The summed E-state index contributed by atoms with van der Waals surface area (Å²) in [6, 6.07) is 11.6. The third kappa shape index (κ3) is 7.22. The minimum atomic E-state index is -1.74. The van der Waals surface area contributed by atoms with Gasteiger partial charge in [0.25, 0.3) is 17.7 Å². The molecule has 2 aromatic carbocycles. The van der Waals surface area contributed by atoms with Gasteiger partial charge in [-0.25, -0.2) is 4.79 Å². The summed E-state index contributed by atoms with van der Waals surface area (Å²) in [4.78, 5) is 76.5. The Bertz CT molecular complexity index is 1430. The molecule has 2 aromatic rings. The second-order valence-corrected chi connectivity index (χ2v) is 8.77. The second-order valence-electron chi connectivity index (χ2n) is 8.77. The number of methoxy groups -OCH3 is 1. The summed E-state index contributed by atoms with van der Waals surface area (Å²) >= 11 is 0. The summed E-state index contributed by atoms with van der Waals surface area (Å²) in [5.74, 6) is -5.15. The first-order valence-corrected chi connectivity index (χ1v) is 12.1. The molecule has 1 saturated heterocycles. The molecule has 0 radical (unpaired) electrons. The van der Waals surface area contributed by atoms with Crippen molar-refractivity contribution in [3.8, 4) is 6.07 Å². The molecular formula is C27H26N4O10. The SMILES string of the molecule is COC(=O)c1cc(NC(=O)[C@H](OC(C)=O)[C@H]2OCCN(c3cccc(C(=O)N(C)CC(=O)O)c3)C2=O)ccc1C#N. The molecule has 0 bridgehead atoms. The first-order chi connectivity index (χ1) is 19.5. The van der Waals surface area contributed by atoms with Gasteiger partial charge in [0, 0.05) is 37.5 Å². The third-order valence-corrected chi connectivity index (χ3v) is 5.88. The fourth-order valence-corrected chi connectivity index (χ4v) is 4.02. The molecule has 14 nitrogen and oxygen atoms in total. The molecule has 0 spiro atoms. The van der Waals surface area contributed by atoms with E-state index < -0.39 is 54.4 Å². The minimum Gasteiger partial charge on any atom is -0.480 e. The summed E-state index contributed by atoms with van der Waals surface area (Å²) in [6.45, 7) is 0.513. The predicted octanol–water partition coefficient (Wildman–Crippen LogP) is 0.804. The molecule has 2 N–H and O–H groups in total. The number of amides is 3. The first kappa shape index (κ1) is 30.3. The van der Waals surface area contributed by atoms with E-state index >= 15 is 0 Å². The van der Waals surface area contributed by atoms with Crippen LogP contribution in [0.15, 0.2) is 42.5 Å². The highest BCUT2D eigenvalue weighted by molar-refractivity contribution is 6.06. The van der Waals surface area contributed by atoms with E-state index in [2.05, 4.69) is 10.1 Å². The lowest BCUT2D eigenvalue weighted by atomic mass is 10.1. The fourth-order valence-electron chi connectivity index (χ4n) is 4.02. The Morgan fingerprint density at radius 1 is 1.22 bits per heavy atom. The summed E-state index contributed by atoms with van der Waals surface area (Å²) < 4.78 is 15.4. The van der Waals surface area contributed by atoms with Crippen LogP contribution in [-0.4, -0.2) is 91.7 Å². The number of benzene rings is 2. The predicted molar refractivity (Wildman–Crippen MR) is 140 cm³/mol. The van der Waals surface area contributed by atoms with Gasteiger partial charge in [-0.15, -0.1) is 0 Å². The number of likely N-dealkylation sites (N-methyl/N-ethyl adjacent to an activating group) is 1. The van der Waals surface area contributed by atoms with Crippen LogP contribution in [0, 0.1) is 11.3 Å². The van der Waals surface area contributed by atoms with Crippen molar-refractivity contribution in [1.29, 1.82) is 5.26 Å². The molecule has 1 fully saturated rings. The molecule has 0 aliphatic carbocycles.